The molecule has 1 amide bonds. The fourth-order valence-electron chi connectivity index (χ4n) is 1.34. The number of carbonyl (C=O) groups excluding carboxylic acids is 1. The molecule has 3 N–H and O–H groups in total. The Balaban J connectivity index is 3.01. The quantitative estimate of drug-likeness (QED) is 0.635. The second-order valence-electron chi connectivity index (χ2n) is 3.77. The minimum Gasteiger partial charge on any atom is -0.395 e. The summed E-state index contributed by atoms with van der Waals surface area (Å²) in [6.45, 7) is -0.423. The smallest absolute Gasteiger partial charge is 0.242 e. The maximum absolute atomic E-state index is 12.1. The second-order valence-corrected chi connectivity index (χ2v) is 5.50. The summed E-state index contributed by atoms with van der Waals surface area (Å²) >= 11 is 0. The summed E-state index contributed by atoms with van der Waals surface area (Å²) in [4.78, 5) is 11.1. The molecule has 0 atom stereocenters. The van der Waals surface area contributed by atoms with Gasteiger partial charge in [-0.3, -0.25) is 4.79 Å². The monoisotopic (exact) mass is 296 g/mol. The minimum absolute atomic E-state index is 0.00865. The van der Waals surface area contributed by atoms with E-state index >= 15 is 0 Å². The van der Waals surface area contributed by atoms with E-state index in [4.69, 9.17) is 5.11 Å². The molecular formula is C13H16N2O4S. The Morgan fingerprint density at radius 2 is 2.05 bits per heavy atom. The van der Waals surface area contributed by atoms with Gasteiger partial charge in [0.2, 0.25) is 15.9 Å². The highest BCUT2D eigenvalue weighted by Crippen LogP contribution is 2.13. The van der Waals surface area contributed by atoms with Gasteiger partial charge < -0.3 is 10.4 Å². The van der Waals surface area contributed by atoms with Crippen LogP contribution in [0.1, 0.15) is 12.0 Å². The Bertz CT molecular complexity index is 629. The van der Waals surface area contributed by atoms with Crippen LogP contribution >= 0.6 is 0 Å². The van der Waals surface area contributed by atoms with Gasteiger partial charge >= 0.3 is 0 Å². The first-order valence-corrected chi connectivity index (χ1v) is 7.38. The van der Waals surface area contributed by atoms with Crippen molar-refractivity contribution in [3.8, 4) is 11.8 Å². The van der Waals surface area contributed by atoms with E-state index < -0.39 is 15.9 Å². The highest BCUT2D eigenvalue weighted by molar-refractivity contribution is 7.89. The van der Waals surface area contributed by atoms with Gasteiger partial charge in [0.15, 0.2) is 0 Å². The third kappa shape index (κ3) is 4.66. The van der Waals surface area contributed by atoms with Crippen molar-refractivity contribution in [2.75, 3.05) is 20.2 Å². The molecule has 0 fully saturated rings. The van der Waals surface area contributed by atoms with Crippen molar-refractivity contribution in [2.24, 2.45) is 0 Å². The summed E-state index contributed by atoms with van der Waals surface area (Å²) in [6.07, 6.45) is 0.264. The lowest BCUT2D eigenvalue weighted by atomic mass is 10.2. The van der Waals surface area contributed by atoms with Gasteiger partial charge in [0, 0.05) is 19.0 Å². The highest BCUT2D eigenvalue weighted by Gasteiger charge is 2.17. The maximum Gasteiger partial charge on any atom is 0.242 e. The molecule has 7 heteroatoms. The summed E-state index contributed by atoms with van der Waals surface area (Å²) < 4.78 is 26.4. The van der Waals surface area contributed by atoms with Crippen molar-refractivity contribution < 1.29 is 18.3 Å². The van der Waals surface area contributed by atoms with Crippen LogP contribution in [0.4, 0.5) is 0 Å². The zero-order chi connectivity index (χ0) is 15.0. The maximum atomic E-state index is 12.1. The molecule has 108 valence electrons. The van der Waals surface area contributed by atoms with E-state index in [9.17, 15) is 13.2 Å². The van der Waals surface area contributed by atoms with Gasteiger partial charge in [0.05, 0.1) is 18.0 Å². The summed E-state index contributed by atoms with van der Waals surface area (Å²) in [6, 6.07) is 6.22. The summed E-state index contributed by atoms with van der Waals surface area (Å²) in [7, 11) is -2.39. The molecule has 6 nitrogen and oxygen atoms in total. The first kappa shape index (κ1) is 16.2. The first-order chi connectivity index (χ1) is 9.51. The van der Waals surface area contributed by atoms with Gasteiger partial charge in [-0.25, -0.2) is 13.1 Å². The number of hydrogen-bond donors (Lipinski definition) is 3. The van der Waals surface area contributed by atoms with E-state index in [0.29, 0.717) is 5.56 Å². The lowest BCUT2D eigenvalue weighted by molar-refractivity contribution is -0.119. The SMILES string of the molecule is CNC(=O)CNS(=O)(=O)c1ccccc1C#CCCO. The molecule has 0 saturated carbocycles. The fraction of sp³-hybridized carbons (Fsp3) is 0.308. The lowest BCUT2D eigenvalue weighted by Gasteiger charge is -2.07. The van der Waals surface area contributed by atoms with Crippen molar-refractivity contribution in [3.63, 3.8) is 0 Å². The average molecular weight is 296 g/mol. The Hall–Kier alpha value is -1.88. The molecule has 0 aliphatic rings. The van der Waals surface area contributed by atoms with Gasteiger partial charge in [0.1, 0.15) is 0 Å². The van der Waals surface area contributed by atoms with E-state index in [1.54, 1.807) is 18.2 Å². The first-order valence-electron chi connectivity index (χ1n) is 5.90. The van der Waals surface area contributed by atoms with Crippen LogP contribution in [0, 0.1) is 11.8 Å². The van der Waals surface area contributed by atoms with Crippen LogP contribution in [0.3, 0.4) is 0 Å². The van der Waals surface area contributed by atoms with Crippen LogP contribution < -0.4 is 10.0 Å². The molecule has 20 heavy (non-hydrogen) atoms. The number of benzene rings is 1. The molecule has 0 radical (unpaired) electrons. The molecule has 0 saturated heterocycles. The average Bonchev–Trinajstić information content (AvgIpc) is 2.45. The fourth-order valence-corrected chi connectivity index (χ4v) is 2.49. The molecule has 0 spiro atoms. The van der Waals surface area contributed by atoms with Crippen molar-refractivity contribution in [1.29, 1.82) is 0 Å². The van der Waals surface area contributed by atoms with Gasteiger partial charge in [-0.1, -0.05) is 24.0 Å². The largest absolute Gasteiger partial charge is 0.395 e. The number of sulfonamides is 1. The third-order valence-corrected chi connectivity index (χ3v) is 3.80. The Morgan fingerprint density at radius 1 is 1.35 bits per heavy atom. The molecule has 0 aliphatic carbocycles. The molecule has 0 heterocycles. The molecule has 0 bridgehead atoms. The molecule has 1 aromatic rings. The summed E-state index contributed by atoms with van der Waals surface area (Å²) in [5.74, 6) is 4.93. The van der Waals surface area contributed by atoms with Gasteiger partial charge in [0.25, 0.3) is 0 Å². The topological polar surface area (TPSA) is 95.5 Å². The molecule has 0 aromatic heterocycles. The van der Waals surface area contributed by atoms with Gasteiger partial charge in [-0.2, -0.15) is 0 Å². The highest BCUT2D eigenvalue weighted by atomic mass is 32.2. The zero-order valence-electron chi connectivity index (χ0n) is 11.0. The molecular weight excluding hydrogens is 280 g/mol. The van der Waals surface area contributed by atoms with E-state index in [2.05, 4.69) is 21.9 Å². The van der Waals surface area contributed by atoms with Crippen LogP contribution in [0.2, 0.25) is 0 Å². The summed E-state index contributed by atoms with van der Waals surface area (Å²) in [5, 5.41) is 11.0. The minimum atomic E-state index is -3.81. The number of likely N-dealkylation sites (N-methyl/N-ethyl adjacent to an activating group) is 1. The van der Waals surface area contributed by atoms with Crippen molar-refractivity contribution in [1.82, 2.24) is 10.0 Å². The van der Waals surface area contributed by atoms with Crippen LogP contribution in [-0.4, -0.2) is 39.6 Å². The van der Waals surface area contributed by atoms with Crippen LogP contribution in [0.5, 0.6) is 0 Å². The number of carbonyl (C=O) groups is 1. The van der Waals surface area contributed by atoms with Crippen molar-refractivity contribution in [2.45, 2.75) is 11.3 Å². The van der Waals surface area contributed by atoms with E-state index in [0.717, 1.165) is 0 Å². The van der Waals surface area contributed by atoms with E-state index in [1.807, 2.05) is 0 Å². The van der Waals surface area contributed by atoms with Crippen molar-refractivity contribution in [3.05, 3.63) is 29.8 Å². The van der Waals surface area contributed by atoms with E-state index in [1.165, 1.54) is 13.1 Å². The summed E-state index contributed by atoms with van der Waals surface area (Å²) in [5.41, 5.74) is 0.324. The zero-order valence-corrected chi connectivity index (χ0v) is 11.8. The Kier molecular flexibility index (Phi) is 6.18. The molecule has 0 unspecified atom stereocenters. The number of aliphatic hydroxyl groups excluding tert-OH is 1. The Labute approximate surface area is 118 Å². The number of amides is 1. The van der Waals surface area contributed by atoms with Gasteiger partial charge in [-0.15, -0.1) is 0 Å². The van der Waals surface area contributed by atoms with Crippen LogP contribution in [0.15, 0.2) is 29.2 Å². The number of hydrogen-bond acceptors (Lipinski definition) is 4. The van der Waals surface area contributed by atoms with Crippen LogP contribution in [-0.2, 0) is 14.8 Å². The van der Waals surface area contributed by atoms with Crippen LogP contribution in [0.25, 0.3) is 0 Å². The normalized spacial score (nSPS) is 10.5. The number of rotatable bonds is 5. The Morgan fingerprint density at radius 3 is 2.70 bits per heavy atom. The van der Waals surface area contributed by atoms with Gasteiger partial charge in [-0.05, 0) is 12.1 Å². The standard InChI is InChI=1S/C13H16N2O4S/c1-14-13(17)10-15-20(18,19)12-8-3-2-6-11(12)7-4-5-9-16/h2-3,6,8,15-16H,5,9-10H2,1H3,(H,14,17). The number of aliphatic hydroxyl groups is 1. The molecule has 1 aromatic carbocycles. The predicted octanol–water partition coefficient (Wildman–Crippen LogP) is -0.555. The van der Waals surface area contributed by atoms with E-state index in [-0.39, 0.29) is 24.5 Å². The third-order valence-electron chi connectivity index (χ3n) is 2.34. The molecule has 0 aliphatic heterocycles. The predicted molar refractivity (Wildman–Crippen MR) is 74.3 cm³/mol. The molecule has 1 rings (SSSR count). The van der Waals surface area contributed by atoms with Crippen molar-refractivity contribution >= 4 is 15.9 Å². The second kappa shape index (κ2) is 7.65. The number of nitrogens with one attached hydrogen (secondary N) is 2. The lowest BCUT2D eigenvalue weighted by Crippen LogP contribution is -2.35.